The normalized spacial score (nSPS) is 15.0. The average Bonchev–Trinajstić information content (AvgIpc) is 3.10. The van der Waals surface area contributed by atoms with Crippen molar-refractivity contribution in [3.63, 3.8) is 0 Å². The van der Waals surface area contributed by atoms with Gasteiger partial charge in [0.25, 0.3) is 5.91 Å². The molecule has 1 aliphatic heterocycles. The van der Waals surface area contributed by atoms with E-state index in [1.54, 1.807) is 12.0 Å². The van der Waals surface area contributed by atoms with Gasteiger partial charge in [0, 0.05) is 5.56 Å². The number of hydrogen-bond acceptors (Lipinski definition) is 3. The van der Waals surface area contributed by atoms with Gasteiger partial charge in [0.2, 0.25) is 0 Å². The van der Waals surface area contributed by atoms with Crippen LogP contribution in [0, 0.1) is 0 Å². The molecule has 0 radical (unpaired) electrons. The van der Waals surface area contributed by atoms with Crippen molar-refractivity contribution in [1.82, 2.24) is 0 Å². The number of methoxy groups -OCH3 is 1. The average molecular weight is 382 g/mol. The van der Waals surface area contributed by atoms with Gasteiger partial charge in [-0.05, 0) is 41.8 Å². The highest BCUT2D eigenvalue weighted by Gasteiger charge is 2.33. The Morgan fingerprint density at radius 3 is 2.31 bits per heavy atom. The lowest BCUT2D eigenvalue weighted by atomic mass is 10.1. The number of amides is 1. The number of carbonyl (C=O) groups excluding carboxylic acids is 1. The van der Waals surface area contributed by atoms with Crippen LogP contribution >= 0.6 is 0 Å². The van der Waals surface area contributed by atoms with Crippen LogP contribution in [0.15, 0.2) is 89.6 Å². The van der Waals surface area contributed by atoms with Crippen LogP contribution in [0.3, 0.4) is 0 Å². The molecule has 0 spiro atoms. The predicted octanol–water partition coefficient (Wildman–Crippen LogP) is 5.09. The quantitative estimate of drug-likeness (QED) is 0.577. The van der Waals surface area contributed by atoms with Crippen molar-refractivity contribution in [3.05, 3.63) is 101 Å². The number of para-hydroxylation sites is 1. The Balaban J connectivity index is 1.81. The summed E-state index contributed by atoms with van der Waals surface area (Å²) in [6.45, 7) is 2.09. The zero-order valence-corrected chi connectivity index (χ0v) is 16.5. The molecule has 144 valence electrons. The summed E-state index contributed by atoms with van der Waals surface area (Å²) >= 11 is 0. The summed E-state index contributed by atoms with van der Waals surface area (Å²) in [4.78, 5) is 19.9. The van der Waals surface area contributed by atoms with Gasteiger partial charge in [-0.15, -0.1) is 0 Å². The predicted molar refractivity (Wildman–Crippen MR) is 117 cm³/mol. The minimum atomic E-state index is -0.124. The van der Waals surface area contributed by atoms with Gasteiger partial charge in [-0.2, -0.15) is 0 Å². The summed E-state index contributed by atoms with van der Waals surface area (Å²) in [7, 11) is 1.63. The molecule has 1 amide bonds. The lowest BCUT2D eigenvalue weighted by Crippen LogP contribution is -2.33. The third-order valence-corrected chi connectivity index (χ3v) is 4.92. The molecule has 0 N–H and O–H groups in total. The van der Waals surface area contributed by atoms with Gasteiger partial charge < -0.3 is 4.74 Å². The molecular formula is C25H22N2O2. The summed E-state index contributed by atoms with van der Waals surface area (Å²) < 4.78 is 5.21. The fraction of sp³-hybridized carbons (Fsp3) is 0.120. The molecule has 0 bridgehead atoms. The SMILES string of the molecule is CCc1ccccc1N1C(=O)/C(=C\c2ccc(OC)cc2)N=C1c1ccccc1. The number of aryl methyl sites for hydroxylation is 1. The largest absolute Gasteiger partial charge is 0.497 e. The Morgan fingerprint density at radius 1 is 0.931 bits per heavy atom. The van der Waals surface area contributed by atoms with Crippen molar-refractivity contribution in [2.24, 2.45) is 4.99 Å². The molecule has 0 atom stereocenters. The number of hydrogen-bond donors (Lipinski definition) is 0. The highest BCUT2D eigenvalue weighted by atomic mass is 16.5. The second kappa shape index (κ2) is 8.15. The zero-order chi connectivity index (χ0) is 20.2. The van der Waals surface area contributed by atoms with Crippen LogP contribution in [0.25, 0.3) is 6.08 Å². The maximum absolute atomic E-state index is 13.4. The van der Waals surface area contributed by atoms with E-state index in [1.165, 1.54) is 0 Å². The Morgan fingerprint density at radius 2 is 1.62 bits per heavy atom. The fourth-order valence-electron chi connectivity index (χ4n) is 3.41. The Bertz CT molecular complexity index is 1080. The van der Waals surface area contributed by atoms with E-state index in [0.717, 1.165) is 34.5 Å². The van der Waals surface area contributed by atoms with E-state index in [9.17, 15) is 4.79 Å². The van der Waals surface area contributed by atoms with Crippen molar-refractivity contribution in [2.75, 3.05) is 12.0 Å². The Hall–Kier alpha value is -3.66. The van der Waals surface area contributed by atoms with Gasteiger partial charge >= 0.3 is 0 Å². The van der Waals surface area contributed by atoms with Crippen LogP contribution in [-0.2, 0) is 11.2 Å². The van der Waals surface area contributed by atoms with Crippen LogP contribution in [-0.4, -0.2) is 18.9 Å². The van der Waals surface area contributed by atoms with Gasteiger partial charge in [0.1, 0.15) is 17.3 Å². The highest BCUT2D eigenvalue weighted by molar-refractivity contribution is 6.33. The van der Waals surface area contributed by atoms with Crippen LogP contribution < -0.4 is 9.64 Å². The van der Waals surface area contributed by atoms with E-state index in [1.807, 2.05) is 78.9 Å². The maximum atomic E-state index is 13.4. The first kappa shape index (κ1) is 18.7. The van der Waals surface area contributed by atoms with Gasteiger partial charge in [-0.25, -0.2) is 4.99 Å². The summed E-state index contributed by atoms with van der Waals surface area (Å²) in [6, 6.07) is 25.4. The van der Waals surface area contributed by atoms with Gasteiger partial charge in [-0.1, -0.05) is 67.6 Å². The molecule has 3 aromatic carbocycles. The molecule has 4 nitrogen and oxygen atoms in total. The summed E-state index contributed by atoms with van der Waals surface area (Å²) in [5.74, 6) is 1.30. The molecule has 1 aliphatic rings. The number of aliphatic imine (C=N–C) groups is 1. The first-order chi connectivity index (χ1) is 14.2. The molecule has 0 saturated heterocycles. The smallest absolute Gasteiger partial charge is 0.282 e. The Kier molecular flexibility index (Phi) is 5.25. The molecule has 0 aromatic heterocycles. The van der Waals surface area contributed by atoms with Crippen LogP contribution in [0.4, 0.5) is 5.69 Å². The third kappa shape index (κ3) is 3.69. The first-order valence-corrected chi connectivity index (χ1v) is 9.63. The summed E-state index contributed by atoms with van der Waals surface area (Å²) in [5, 5.41) is 0. The van der Waals surface area contributed by atoms with Gasteiger partial charge in [0.05, 0.1) is 12.8 Å². The van der Waals surface area contributed by atoms with E-state index >= 15 is 0 Å². The standard InChI is InChI=1S/C25H22N2O2/c1-3-19-9-7-8-12-23(19)27-24(20-10-5-4-6-11-20)26-22(25(27)28)17-18-13-15-21(29-2)16-14-18/h4-17H,3H2,1-2H3/b22-17+. The fourth-order valence-corrected chi connectivity index (χ4v) is 3.41. The summed E-state index contributed by atoms with van der Waals surface area (Å²) in [5.41, 5.74) is 4.21. The molecule has 3 aromatic rings. The highest BCUT2D eigenvalue weighted by Crippen LogP contribution is 2.30. The van der Waals surface area contributed by atoms with Crippen molar-refractivity contribution in [1.29, 1.82) is 0 Å². The van der Waals surface area contributed by atoms with Gasteiger partial charge in [-0.3, -0.25) is 9.69 Å². The number of benzene rings is 3. The Labute approximate surface area is 170 Å². The minimum absolute atomic E-state index is 0.124. The van der Waals surface area contributed by atoms with Crippen molar-refractivity contribution >= 4 is 23.5 Å². The molecule has 0 fully saturated rings. The van der Waals surface area contributed by atoms with Crippen LogP contribution in [0.1, 0.15) is 23.6 Å². The van der Waals surface area contributed by atoms with Crippen LogP contribution in [0.2, 0.25) is 0 Å². The minimum Gasteiger partial charge on any atom is -0.497 e. The number of anilines is 1. The number of amidine groups is 1. The molecule has 0 aliphatic carbocycles. The zero-order valence-electron chi connectivity index (χ0n) is 16.5. The van der Waals surface area contributed by atoms with Crippen LogP contribution in [0.5, 0.6) is 5.75 Å². The molecule has 29 heavy (non-hydrogen) atoms. The molecule has 0 unspecified atom stereocenters. The van der Waals surface area contributed by atoms with E-state index in [-0.39, 0.29) is 5.91 Å². The van der Waals surface area contributed by atoms with Crippen molar-refractivity contribution < 1.29 is 9.53 Å². The second-order valence-corrected chi connectivity index (χ2v) is 6.73. The van der Waals surface area contributed by atoms with E-state index < -0.39 is 0 Å². The number of ether oxygens (including phenoxy) is 1. The molecule has 4 heteroatoms. The lowest BCUT2D eigenvalue weighted by Gasteiger charge is -2.21. The monoisotopic (exact) mass is 382 g/mol. The molecule has 1 heterocycles. The van der Waals surface area contributed by atoms with Crippen molar-refractivity contribution in [2.45, 2.75) is 13.3 Å². The summed E-state index contributed by atoms with van der Waals surface area (Å²) in [6.07, 6.45) is 2.65. The number of carbonyl (C=O) groups is 1. The molecule has 4 rings (SSSR count). The maximum Gasteiger partial charge on any atom is 0.282 e. The van der Waals surface area contributed by atoms with E-state index in [0.29, 0.717) is 11.5 Å². The van der Waals surface area contributed by atoms with E-state index in [2.05, 4.69) is 13.0 Å². The molecular weight excluding hydrogens is 360 g/mol. The van der Waals surface area contributed by atoms with Crippen molar-refractivity contribution in [3.8, 4) is 5.75 Å². The third-order valence-electron chi connectivity index (χ3n) is 4.92. The first-order valence-electron chi connectivity index (χ1n) is 9.63. The van der Waals surface area contributed by atoms with E-state index in [4.69, 9.17) is 9.73 Å². The molecule has 0 saturated carbocycles. The second-order valence-electron chi connectivity index (χ2n) is 6.73. The van der Waals surface area contributed by atoms with Gasteiger partial charge in [0.15, 0.2) is 0 Å². The topological polar surface area (TPSA) is 41.9 Å². The lowest BCUT2D eigenvalue weighted by molar-refractivity contribution is -0.113. The number of nitrogens with zero attached hydrogens (tertiary/aromatic N) is 2. The number of rotatable bonds is 5.